The van der Waals surface area contributed by atoms with Crippen LogP contribution in [0.1, 0.15) is 11.1 Å². The number of aryl methyl sites for hydroxylation is 1. The third-order valence-electron chi connectivity index (χ3n) is 1.94. The number of alkyl halides is 3. The summed E-state index contributed by atoms with van der Waals surface area (Å²) in [5, 5.41) is 12.0. The summed E-state index contributed by atoms with van der Waals surface area (Å²) in [7, 11) is 0. The number of rotatable bonds is 1. The summed E-state index contributed by atoms with van der Waals surface area (Å²) >= 11 is 0. The molecule has 1 rings (SSSR count). The van der Waals surface area contributed by atoms with Crippen LogP contribution < -0.4 is 16.2 Å². The average Bonchev–Trinajstić information content (AvgIpc) is 2.07. The van der Waals surface area contributed by atoms with Gasteiger partial charge in [0.25, 0.3) is 0 Å². The van der Waals surface area contributed by atoms with Crippen molar-refractivity contribution in [2.45, 2.75) is 13.1 Å². The number of halogens is 3. The number of hydrogen-bond donors (Lipinski definition) is 2. The van der Waals surface area contributed by atoms with Crippen molar-refractivity contribution in [2.75, 3.05) is 11.1 Å². The fraction of sp³-hybridized carbons (Fsp3) is 0.222. The molecule has 0 spiro atoms. The van der Waals surface area contributed by atoms with Crippen molar-refractivity contribution in [3.05, 3.63) is 23.3 Å². The number of benzene rings is 1. The Hall–Kier alpha value is -1.92. The van der Waals surface area contributed by atoms with Crippen molar-refractivity contribution in [3.8, 4) is 0 Å². The smallest absolute Gasteiger partial charge is 0.416 e. The van der Waals surface area contributed by atoms with Crippen LogP contribution in [0.5, 0.6) is 0 Å². The van der Waals surface area contributed by atoms with E-state index >= 15 is 0 Å². The first kappa shape index (κ1) is 12.2. The highest BCUT2D eigenvalue weighted by Gasteiger charge is 2.32. The van der Waals surface area contributed by atoms with Gasteiger partial charge in [0.05, 0.1) is 16.9 Å². The van der Waals surface area contributed by atoms with E-state index in [1.165, 1.54) is 6.92 Å². The normalized spacial score (nSPS) is 11.2. The van der Waals surface area contributed by atoms with Gasteiger partial charge in [-0.2, -0.15) is 13.2 Å². The molecule has 4 nitrogen and oxygen atoms in total. The lowest BCUT2D eigenvalue weighted by Crippen LogP contribution is -2.29. The molecule has 16 heavy (non-hydrogen) atoms. The van der Waals surface area contributed by atoms with Gasteiger partial charge in [0, 0.05) is 0 Å². The SMILES string of the molecule is Cc1cc(NC(=O)[O-])c(N)cc1C(F)(F)F. The standard InChI is InChI=1S/C9H9F3N2O2/c1-4-2-7(14-8(15)16)6(13)3-5(4)9(10,11)12/h2-3,14H,13H2,1H3,(H,15,16)/p-1. The molecule has 7 heteroatoms. The third-order valence-corrected chi connectivity index (χ3v) is 1.94. The Morgan fingerprint density at radius 1 is 1.44 bits per heavy atom. The van der Waals surface area contributed by atoms with Crippen LogP contribution in [0.2, 0.25) is 0 Å². The fourth-order valence-electron chi connectivity index (χ4n) is 1.25. The molecule has 0 unspecified atom stereocenters. The second-order valence-corrected chi connectivity index (χ2v) is 3.16. The van der Waals surface area contributed by atoms with Crippen molar-refractivity contribution >= 4 is 17.5 Å². The molecule has 0 aromatic heterocycles. The van der Waals surface area contributed by atoms with Gasteiger partial charge >= 0.3 is 6.18 Å². The number of nitrogens with one attached hydrogen (secondary N) is 1. The quantitative estimate of drug-likeness (QED) is 0.718. The number of carbonyl (C=O) groups is 1. The third kappa shape index (κ3) is 2.56. The number of carboxylic acid groups (broad SMARTS) is 1. The number of hydrogen-bond acceptors (Lipinski definition) is 3. The van der Waals surface area contributed by atoms with Gasteiger partial charge in [0.2, 0.25) is 0 Å². The molecule has 0 saturated heterocycles. The lowest BCUT2D eigenvalue weighted by molar-refractivity contribution is -0.242. The maximum Gasteiger partial charge on any atom is 0.416 e. The van der Waals surface area contributed by atoms with Crippen LogP contribution in [0.25, 0.3) is 0 Å². The van der Waals surface area contributed by atoms with Crippen molar-refractivity contribution < 1.29 is 23.1 Å². The predicted octanol–water partition coefficient (Wildman–Crippen LogP) is 1.35. The van der Waals surface area contributed by atoms with E-state index in [9.17, 15) is 23.1 Å². The highest BCUT2D eigenvalue weighted by molar-refractivity contribution is 5.86. The van der Waals surface area contributed by atoms with E-state index < -0.39 is 17.8 Å². The fourth-order valence-corrected chi connectivity index (χ4v) is 1.25. The molecule has 1 amide bonds. The Morgan fingerprint density at radius 3 is 2.44 bits per heavy atom. The first-order valence-corrected chi connectivity index (χ1v) is 4.17. The first-order chi connectivity index (χ1) is 7.21. The zero-order chi connectivity index (χ0) is 12.5. The second-order valence-electron chi connectivity index (χ2n) is 3.16. The van der Waals surface area contributed by atoms with E-state index in [1.54, 1.807) is 5.32 Å². The van der Waals surface area contributed by atoms with Crippen LogP contribution in [0, 0.1) is 6.92 Å². The van der Waals surface area contributed by atoms with E-state index in [0.717, 1.165) is 6.07 Å². The molecule has 0 fully saturated rings. The lowest BCUT2D eigenvalue weighted by atomic mass is 10.1. The average molecular weight is 233 g/mol. The molecule has 0 heterocycles. The maximum atomic E-state index is 12.4. The van der Waals surface area contributed by atoms with Gasteiger partial charge in [0.15, 0.2) is 0 Å². The molecule has 0 radical (unpaired) electrons. The highest BCUT2D eigenvalue weighted by Crippen LogP contribution is 2.35. The summed E-state index contributed by atoms with van der Waals surface area (Å²) in [5.74, 6) is 0. The Balaban J connectivity index is 3.22. The highest BCUT2D eigenvalue weighted by atomic mass is 19.4. The summed E-state index contributed by atoms with van der Waals surface area (Å²) < 4.78 is 37.3. The van der Waals surface area contributed by atoms with Crippen molar-refractivity contribution in [2.24, 2.45) is 0 Å². The Kier molecular flexibility index (Phi) is 2.97. The lowest BCUT2D eigenvalue weighted by Gasteiger charge is -2.15. The number of amides is 1. The summed E-state index contributed by atoms with van der Waals surface area (Å²) in [5.41, 5.74) is 3.84. The Bertz CT molecular complexity index is 429. The first-order valence-electron chi connectivity index (χ1n) is 4.17. The van der Waals surface area contributed by atoms with Gasteiger partial charge in [-0.15, -0.1) is 0 Å². The second kappa shape index (κ2) is 3.92. The van der Waals surface area contributed by atoms with Crippen LogP contribution in [-0.2, 0) is 6.18 Å². The van der Waals surface area contributed by atoms with E-state index in [-0.39, 0.29) is 16.9 Å². The van der Waals surface area contributed by atoms with Crippen LogP contribution in [-0.4, -0.2) is 6.09 Å². The molecule has 0 atom stereocenters. The van der Waals surface area contributed by atoms with Crippen molar-refractivity contribution in [1.29, 1.82) is 0 Å². The molecule has 0 aliphatic rings. The van der Waals surface area contributed by atoms with Gasteiger partial charge in [-0.05, 0) is 24.6 Å². The van der Waals surface area contributed by atoms with Crippen LogP contribution >= 0.6 is 0 Å². The van der Waals surface area contributed by atoms with Crippen molar-refractivity contribution in [3.63, 3.8) is 0 Å². The Morgan fingerprint density at radius 2 is 2.00 bits per heavy atom. The van der Waals surface area contributed by atoms with Crippen LogP contribution in [0.4, 0.5) is 29.3 Å². The summed E-state index contributed by atoms with van der Waals surface area (Å²) in [4.78, 5) is 10.2. The van der Waals surface area contributed by atoms with E-state index in [1.807, 2.05) is 0 Å². The molecular weight excluding hydrogens is 225 g/mol. The van der Waals surface area contributed by atoms with Gasteiger partial charge in [-0.25, -0.2) is 0 Å². The molecule has 88 valence electrons. The summed E-state index contributed by atoms with van der Waals surface area (Å²) in [6, 6.07) is 1.69. The van der Waals surface area contributed by atoms with Gasteiger partial charge in [-0.1, -0.05) is 0 Å². The monoisotopic (exact) mass is 233 g/mol. The molecule has 0 bridgehead atoms. The van der Waals surface area contributed by atoms with E-state index in [2.05, 4.69) is 0 Å². The molecule has 0 aliphatic carbocycles. The van der Waals surface area contributed by atoms with Gasteiger partial charge in [-0.3, -0.25) is 0 Å². The largest absolute Gasteiger partial charge is 0.530 e. The minimum atomic E-state index is -4.52. The number of carbonyl (C=O) groups excluding carboxylic acids is 1. The summed E-state index contributed by atoms with van der Waals surface area (Å²) in [6.45, 7) is 1.21. The maximum absolute atomic E-state index is 12.4. The predicted molar refractivity (Wildman–Crippen MR) is 49.6 cm³/mol. The molecule has 0 aliphatic heterocycles. The van der Waals surface area contributed by atoms with Gasteiger partial charge in [0.1, 0.15) is 6.09 Å². The molecule has 1 aromatic carbocycles. The van der Waals surface area contributed by atoms with E-state index in [0.29, 0.717) is 6.07 Å². The number of anilines is 2. The molecule has 1 aromatic rings. The molecule has 0 saturated carbocycles. The summed E-state index contributed by atoms with van der Waals surface area (Å²) in [6.07, 6.45) is -6.15. The Labute approximate surface area is 88.9 Å². The van der Waals surface area contributed by atoms with Gasteiger partial charge < -0.3 is 21.0 Å². The molecular formula is C9H8F3N2O2-. The minimum Gasteiger partial charge on any atom is -0.530 e. The zero-order valence-corrected chi connectivity index (χ0v) is 8.18. The van der Waals surface area contributed by atoms with E-state index in [4.69, 9.17) is 5.73 Å². The molecule has 3 N–H and O–H groups in total. The number of nitrogen functional groups attached to an aromatic ring is 1. The zero-order valence-electron chi connectivity index (χ0n) is 8.18. The number of nitrogens with two attached hydrogens (primary N) is 1. The topological polar surface area (TPSA) is 78.2 Å². The van der Waals surface area contributed by atoms with Crippen molar-refractivity contribution in [1.82, 2.24) is 0 Å². The minimum absolute atomic E-state index is 0.120. The van der Waals surface area contributed by atoms with Crippen LogP contribution in [0.3, 0.4) is 0 Å². The van der Waals surface area contributed by atoms with Crippen LogP contribution in [0.15, 0.2) is 12.1 Å².